The number of piperidine rings is 1. The number of hydrogen-bond acceptors (Lipinski definition) is 2. The second-order valence-corrected chi connectivity index (χ2v) is 6.78. The van der Waals surface area contributed by atoms with Gasteiger partial charge in [-0.15, -0.1) is 0 Å². The number of hydrogen-bond donors (Lipinski definition) is 1. The van der Waals surface area contributed by atoms with Crippen molar-refractivity contribution in [3.8, 4) is 0 Å². The van der Waals surface area contributed by atoms with Crippen LogP contribution in [-0.2, 0) is 11.3 Å². The van der Waals surface area contributed by atoms with E-state index in [0.717, 1.165) is 32.5 Å². The molecule has 1 N–H and O–H groups in total. The van der Waals surface area contributed by atoms with Gasteiger partial charge in [-0.1, -0.05) is 30.3 Å². The van der Waals surface area contributed by atoms with Crippen molar-refractivity contribution >= 4 is 5.91 Å². The summed E-state index contributed by atoms with van der Waals surface area (Å²) < 4.78 is 0. The van der Waals surface area contributed by atoms with Crippen molar-refractivity contribution in [3.05, 3.63) is 35.9 Å². The van der Waals surface area contributed by atoms with Crippen LogP contribution in [0.1, 0.15) is 39.2 Å². The Morgan fingerprint density at radius 2 is 1.80 bits per heavy atom. The van der Waals surface area contributed by atoms with Gasteiger partial charge in [0.15, 0.2) is 0 Å². The summed E-state index contributed by atoms with van der Waals surface area (Å²) in [5, 5.41) is 3.10. The molecule has 0 spiro atoms. The van der Waals surface area contributed by atoms with Crippen molar-refractivity contribution < 1.29 is 4.79 Å². The van der Waals surface area contributed by atoms with Crippen molar-refractivity contribution in [1.82, 2.24) is 10.2 Å². The lowest BCUT2D eigenvalue weighted by Crippen LogP contribution is -2.46. The Hall–Kier alpha value is -1.35. The topological polar surface area (TPSA) is 32.3 Å². The molecule has 110 valence electrons. The van der Waals surface area contributed by atoms with Gasteiger partial charge in [0, 0.05) is 18.0 Å². The summed E-state index contributed by atoms with van der Waals surface area (Å²) in [5.41, 5.74) is 1.23. The third-order valence-corrected chi connectivity index (χ3v) is 3.71. The van der Waals surface area contributed by atoms with Gasteiger partial charge in [0.1, 0.15) is 0 Å². The molecule has 0 aliphatic carbocycles. The standard InChI is InChI=1S/C17H26N2O/c1-17(2,3)18-16(20)15-9-11-19(12-10-15)13-14-7-5-4-6-8-14/h4-8,15H,9-13H2,1-3H3,(H,18,20). The molecule has 1 fully saturated rings. The van der Waals surface area contributed by atoms with Crippen molar-refractivity contribution in [1.29, 1.82) is 0 Å². The fourth-order valence-electron chi connectivity index (χ4n) is 2.67. The van der Waals surface area contributed by atoms with Crippen molar-refractivity contribution in [2.45, 2.75) is 45.7 Å². The minimum absolute atomic E-state index is 0.127. The Morgan fingerprint density at radius 3 is 2.35 bits per heavy atom. The molecule has 0 radical (unpaired) electrons. The van der Waals surface area contributed by atoms with Gasteiger partial charge in [0.2, 0.25) is 5.91 Å². The Labute approximate surface area is 122 Å². The number of amides is 1. The highest BCUT2D eigenvalue weighted by atomic mass is 16.2. The van der Waals surface area contributed by atoms with Crippen LogP contribution in [0, 0.1) is 5.92 Å². The summed E-state index contributed by atoms with van der Waals surface area (Å²) in [5.74, 6) is 0.401. The van der Waals surface area contributed by atoms with E-state index in [1.165, 1.54) is 5.56 Å². The lowest BCUT2D eigenvalue weighted by atomic mass is 9.94. The van der Waals surface area contributed by atoms with Crippen molar-refractivity contribution in [3.63, 3.8) is 0 Å². The zero-order chi connectivity index (χ0) is 14.6. The molecule has 20 heavy (non-hydrogen) atoms. The van der Waals surface area contributed by atoms with E-state index in [4.69, 9.17) is 0 Å². The number of carbonyl (C=O) groups is 1. The monoisotopic (exact) mass is 274 g/mol. The summed E-state index contributed by atoms with van der Waals surface area (Å²) in [6.45, 7) is 9.13. The van der Waals surface area contributed by atoms with E-state index < -0.39 is 0 Å². The second kappa shape index (κ2) is 6.40. The summed E-state index contributed by atoms with van der Waals surface area (Å²) in [6.07, 6.45) is 1.93. The molecule has 0 atom stereocenters. The largest absolute Gasteiger partial charge is 0.351 e. The van der Waals surface area contributed by atoms with Gasteiger partial charge in [-0.3, -0.25) is 9.69 Å². The first kappa shape index (κ1) is 15.0. The van der Waals surface area contributed by atoms with Gasteiger partial charge in [-0.25, -0.2) is 0 Å². The molecule has 0 bridgehead atoms. The van der Waals surface area contributed by atoms with Crippen LogP contribution < -0.4 is 5.32 Å². The fourth-order valence-corrected chi connectivity index (χ4v) is 2.67. The normalized spacial score (nSPS) is 17.9. The van der Waals surface area contributed by atoms with Crippen LogP contribution in [0.4, 0.5) is 0 Å². The maximum absolute atomic E-state index is 12.1. The van der Waals surface area contributed by atoms with Crippen LogP contribution in [0.25, 0.3) is 0 Å². The van der Waals surface area contributed by atoms with E-state index in [9.17, 15) is 4.79 Å². The smallest absolute Gasteiger partial charge is 0.223 e. The SMILES string of the molecule is CC(C)(C)NC(=O)C1CCN(Cc2ccccc2)CC1. The first-order chi connectivity index (χ1) is 9.44. The summed E-state index contributed by atoms with van der Waals surface area (Å²) in [6, 6.07) is 10.5. The molecule has 1 amide bonds. The number of rotatable bonds is 3. The molecule has 0 saturated carbocycles. The molecule has 3 heteroatoms. The highest BCUT2D eigenvalue weighted by molar-refractivity contribution is 5.79. The van der Waals surface area contributed by atoms with Crippen LogP contribution in [0.3, 0.4) is 0 Å². The highest BCUT2D eigenvalue weighted by Crippen LogP contribution is 2.20. The van der Waals surface area contributed by atoms with Crippen LogP contribution in [0.5, 0.6) is 0 Å². The van der Waals surface area contributed by atoms with Crippen LogP contribution in [-0.4, -0.2) is 29.4 Å². The average Bonchev–Trinajstić information content (AvgIpc) is 2.39. The fraction of sp³-hybridized carbons (Fsp3) is 0.588. The first-order valence-corrected chi connectivity index (χ1v) is 7.52. The molecule has 1 aliphatic rings. The maximum atomic E-state index is 12.1. The Bertz CT molecular complexity index is 428. The van der Waals surface area contributed by atoms with Crippen LogP contribution in [0.2, 0.25) is 0 Å². The number of likely N-dealkylation sites (tertiary alicyclic amines) is 1. The molecule has 0 aromatic heterocycles. The molecule has 0 unspecified atom stereocenters. The number of benzene rings is 1. The molecule has 1 aliphatic heterocycles. The predicted molar refractivity (Wildman–Crippen MR) is 82.3 cm³/mol. The van der Waals surface area contributed by atoms with Gasteiger partial charge in [-0.05, 0) is 52.3 Å². The highest BCUT2D eigenvalue weighted by Gasteiger charge is 2.27. The molecule has 1 saturated heterocycles. The third-order valence-electron chi connectivity index (χ3n) is 3.71. The lowest BCUT2D eigenvalue weighted by Gasteiger charge is -2.33. The Morgan fingerprint density at radius 1 is 1.20 bits per heavy atom. The van der Waals surface area contributed by atoms with E-state index in [1.807, 2.05) is 26.8 Å². The van der Waals surface area contributed by atoms with Gasteiger partial charge in [0.25, 0.3) is 0 Å². The number of carbonyl (C=O) groups excluding carboxylic acids is 1. The van der Waals surface area contributed by atoms with Gasteiger partial charge in [0.05, 0.1) is 0 Å². The van der Waals surface area contributed by atoms with Crippen molar-refractivity contribution in [2.75, 3.05) is 13.1 Å². The molecular weight excluding hydrogens is 248 g/mol. The summed E-state index contributed by atoms with van der Waals surface area (Å²) in [7, 11) is 0. The average molecular weight is 274 g/mol. The Balaban J connectivity index is 1.79. The predicted octanol–water partition coefficient (Wildman–Crippen LogP) is 2.81. The second-order valence-electron chi connectivity index (χ2n) is 6.78. The van der Waals surface area contributed by atoms with E-state index in [-0.39, 0.29) is 17.4 Å². The van der Waals surface area contributed by atoms with Gasteiger partial charge >= 0.3 is 0 Å². The number of nitrogens with one attached hydrogen (secondary N) is 1. The van der Waals surface area contributed by atoms with E-state index in [2.05, 4.69) is 34.5 Å². The molecule has 1 aromatic carbocycles. The van der Waals surface area contributed by atoms with Gasteiger partial charge < -0.3 is 5.32 Å². The zero-order valence-electron chi connectivity index (χ0n) is 12.9. The van der Waals surface area contributed by atoms with Gasteiger partial charge in [-0.2, -0.15) is 0 Å². The van der Waals surface area contributed by atoms with Crippen LogP contribution >= 0.6 is 0 Å². The quantitative estimate of drug-likeness (QED) is 0.919. The molecule has 2 rings (SSSR count). The van der Waals surface area contributed by atoms with E-state index >= 15 is 0 Å². The third kappa shape index (κ3) is 4.64. The minimum atomic E-state index is -0.127. The Kier molecular flexibility index (Phi) is 4.81. The molecule has 1 heterocycles. The summed E-state index contributed by atoms with van der Waals surface area (Å²) >= 11 is 0. The van der Waals surface area contributed by atoms with E-state index in [0.29, 0.717) is 0 Å². The minimum Gasteiger partial charge on any atom is -0.351 e. The number of nitrogens with zero attached hydrogens (tertiary/aromatic N) is 1. The van der Waals surface area contributed by atoms with Crippen molar-refractivity contribution in [2.24, 2.45) is 5.92 Å². The maximum Gasteiger partial charge on any atom is 0.223 e. The summed E-state index contributed by atoms with van der Waals surface area (Å²) in [4.78, 5) is 14.6. The van der Waals surface area contributed by atoms with E-state index in [1.54, 1.807) is 0 Å². The molecular formula is C17H26N2O. The molecule has 1 aromatic rings. The molecule has 3 nitrogen and oxygen atoms in total. The zero-order valence-corrected chi connectivity index (χ0v) is 12.9. The lowest BCUT2D eigenvalue weighted by molar-refractivity contribution is -0.127. The first-order valence-electron chi connectivity index (χ1n) is 7.52. The van der Waals surface area contributed by atoms with Crippen LogP contribution in [0.15, 0.2) is 30.3 Å².